The van der Waals surface area contributed by atoms with Gasteiger partial charge in [0.2, 0.25) is 0 Å². The highest BCUT2D eigenvalue weighted by molar-refractivity contribution is 6.32. The first-order chi connectivity index (χ1) is 13.5. The van der Waals surface area contributed by atoms with Crippen LogP contribution in [0, 0.1) is 13.8 Å². The fraction of sp³-hybridized carbons (Fsp3) is 0.130. The minimum atomic E-state index is -0.761. The number of halogens is 1. The molecule has 140 valence electrons. The second kappa shape index (κ2) is 7.49. The van der Waals surface area contributed by atoms with E-state index in [9.17, 15) is 4.79 Å². The Hall–Kier alpha value is -3.11. The van der Waals surface area contributed by atoms with Crippen molar-refractivity contribution in [1.82, 2.24) is 0 Å². The summed E-state index contributed by atoms with van der Waals surface area (Å²) in [5, 5.41) is 6.82. The maximum absolute atomic E-state index is 12.9. The SMILES string of the molecule is Cc1ccc(NC2N=C(c3ccccc3)c3cc(Cl)ccc3NC2=O)cc1C. The predicted molar refractivity (Wildman–Crippen MR) is 115 cm³/mol. The molecule has 1 atom stereocenters. The molecule has 0 saturated carbocycles. The molecule has 1 unspecified atom stereocenters. The van der Waals surface area contributed by atoms with Crippen LogP contribution in [0.15, 0.2) is 71.7 Å². The van der Waals surface area contributed by atoms with E-state index in [1.165, 1.54) is 5.56 Å². The molecule has 0 spiro atoms. The van der Waals surface area contributed by atoms with E-state index in [2.05, 4.69) is 17.6 Å². The molecule has 0 fully saturated rings. The lowest BCUT2D eigenvalue weighted by molar-refractivity contribution is -0.116. The Balaban J connectivity index is 1.80. The molecule has 5 heteroatoms. The van der Waals surface area contributed by atoms with E-state index in [4.69, 9.17) is 16.6 Å². The number of anilines is 2. The van der Waals surface area contributed by atoms with Crippen molar-refractivity contribution >= 4 is 34.6 Å². The summed E-state index contributed by atoms with van der Waals surface area (Å²) >= 11 is 6.23. The number of hydrogen-bond acceptors (Lipinski definition) is 3. The number of rotatable bonds is 3. The lowest BCUT2D eigenvalue weighted by Crippen LogP contribution is -2.32. The number of nitrogens with zero attached hydrogens (tertiary/aromatic N) is 1. The molecule has 4 rings (SSSR count). The average Bonchev–Trinajstić information content (AvgIpc) is 2.82. The van der Waals surface area contributed by atoms with Crippen molar-refractivity contribution in [3.63, 3.8) is 0 Å². The number of amides is 1. The third-order valence-electron chi connectivity index (χ3n) is 4.86. The van der Waals surface area contributed by atoms with Gasteiger partial charge in [-0.05, 0) is 55.3 Å². The maximum Gasteiger partial charge on any atom is 0.269 e. The Labute approximate surface area is 169 Å². The minimum absolute atomic E-state index is 0.215. The largest absolute Gasteiger partial charge is 0.356 e. The van der Waals surface area contributed by atoms with Gasteiger partial charge >= 0.3 is 0 Å². The van der Waals surface area contributed by atoms with Gasteiger partial charge in [0.15, 0.2) is 6.17 Å². The zero-order valence-corrected chi connectivity index (χ0v) is 16.4. The van der Waals surface area contributed by atoms with Crippen LogP contribution in [0.3, 0.4) is 0 Å². The van der Waals surface area contributed by atoms with Crippen molar-refractivity contribution in [2.45, 2.75) is 20.0 Å². The van der Waals surface area contributed by atoms with Crippen LogP contribution in [0.25, 0.3) is 0 Å². The van der Waals surface area contributed by atoms with Crippen molar-refractivity contribution in [3.05, 3.63) is 94.0 Å². The molecular weight excluding hydrogens is 370 g/mol. The Morgan fingerprint density at radius 2 is 1.75 bits per heavy atom. The molecule has 0 aliphatic carbocycles. The minimum Gasteiger partial charge on any atom is -0.356 e. The summed E-state index contributed by atoms with van der Waals surface area (Å²) in [4.78, 5) is 17.7. The number of fused-ring (bicyclic) bond motifs is 1. The highest BCUT2D eigenvalue weighted by Crippen LogP contribution is 2.28. The Morgan fingerprint density at radius 3 is 2.50 bits per heavy atom. The van der Waals surface area contributed by atoms with Gasteiger partial charge in [-0.3, -0.25) is 4.79 Å². The van der Waals surface area contributed by atoms with E-state index in [0.717, 1.165) is 28.1 Å². The third kappa shape index (κ3) is 3.64. The zero-order valence-electron chi connectivity index (χ0n) is 15.7. The molecule has 0 bridgehead atoms. The molecule has 0 saturated heterocycles. The van der Waals surface area contributed by atoms with Gasteiger partial charge in [0.05, 0.1) is 11.4 Å². The number of carbonyl (C=O) groups excluding carboxylic acids is 1. The fourth-order valence-corrected chi connectivity index (χ4v) is 3.36. The number of nitrogens with one attached hydrogen (secondary N) is 2. The molecule has 28 heavy (non-hydrogen) atoms. The van der Waals surface area contributed by atoms with Gasteiger partial charge in [-0.2, -0.15) is 0 Å². The first kappa shape index (κ1) is 18.3. The van der Waals surface area contributed by atoms with Gasteiger partial charge in [0.1, 0.15) is 0 Å². The second-order valence-electron chi connectivity index (χ2n) is 6.87. The van der Waals surface area contributed by atoms with Crippen LogP contribution < -0.4 is 10.6 Å². The fourth-order valence-electron chi connectivity index (χ4n) is 3.19. The lowest BCUT2D eigenvalue weighted by atomic mass is 10.0. The first-order valence-corrected chi connectivity index (χ1v) is 9.47. The number of hydrogen-bond donors (Lipinski definition) is 2. The van der Waals surface area contributed by atoms with E-state index in [1.807, 2.05) is 67.6 Å². The van der Waals surface area contributed by atoms with Gasteiger partial charge in [-0.15, -0.1) is 0 Å². The number of aryl methyl sites for hydroxylation is 2. The summed E-state index contributed by atoms with van der Waals surface area (Å²) in [7, 11) is 0. The monoisotopic (exact) mass is 389 g/mol. The number of benzene rings is 3. The summed E-state index contributed by atoms with van der Waals surface area (Å²) in [6.45, 7) is 4.10. The van der Waals surface area contributed by atoms with Crippen molar-refractivity contribution in [2.24, 2.45) is 4.99 Å². The van der Waals surface area contributed by atoms with Crippen LogP contribution in [0.1, 0.15) is 22.3 Å². The molecule has 0 radical (unpaired) electrons. The zero-order chi connectivity index (χ0) is 19.7. The summed E-state index contributed by atoms with van der Waals surface area (Å²) in [5.41, 5.74) is 6.35. The number of aliphatic imine (C=N–C) groups is 1. The number of benzodiazepines with no additional fused rings is 1. The Bertz CT molecular complexity index is 1080. The molecule has 1 aliphatic heterocycles. The van der Waals surface area contributed by atoms with Gasteiger partial charge < -0.3 is 10.6 Å². The van der Waals surface area contributed by atoms with Crippen LogP contribution in [0.5, 0.6) is 0 Å². The molecule has 3 aromatic carbocycles. The lowest BCUT2D eigenvalue weighted by Gasteiger charge is -2.15. The molecule has 0 aromatic heterocycles. The van der Waals surface area contributed by atoms with E-state index < -0.39 is 6.17 Å². The van der Waals surface area contributed by atoms with Crippen molar-refractivity contribution < 1.29 is 4.79 Å². The molecule has 1 amide bonds. The van der Waals surface area contributed by atoms with Gasteiger partial charge in [-0.25, -0.2) is 4.99 Å². The highest BCUT2D eigenvalue weighted by atomic mass is 35.5. The predicted octanol–water partition coefficient (Wildman–Crippen LogP) is 5.18. The average molecular weight is 390 g/mol. The molecular formula is C23H20ClN3O. The summed E-state index contributed by atoms with van der Waals surface area (Å²) in [6.07, 6.45) is -0.761. The van der Waals surface area contributed by atoms with Crippen LogP contribution in [0.2, 0.25) is 5.02 Å². The normalized spacial score (nSPS) is 15.9. The van der Waals surface area contributed by atoms with Crippen molar-refractivity contribution in [1.29, 1.82) is 0 Å². The summed E-state index contributed by atoms with van der Waals surface area (Å²) in [6, 6.07) is 21.2. The quantitative estimate of drug-likeness (QED) is 0.648. The van der Waals surface area contributed by atoms with Crippen LogP contribution in [-0.4, -0.2) is 17.8 Å². The molecule has 1 heterocycles. The smallest absolute Gasteiger partial charge is 0.269 e. The van der Waals surface area contributed by atoms with E-state index in [1.54, 1.807) is 6.07 Å². The third-order valence-corrected chi connectivity index (χ3v) is 5.09. The number of carbonyl (C=O) groups is 1. The molecule has 1 aliphatic rings. The van der Waals surface area contributed by atoms with Crippen LogP contribution >= 0.6 is 11.6 Å². The van der Waals surface area contributed by atoms with E-state index in [0.29, 0.717) is 10.7 Å². The molecule has 4 nitrogen and oxygen atoms in total. The molecule has 3 aromatic rings. The van der Waals surface area contributed by atoms with Crippen molar-refractivity contribution in [2.75, 3.05) is 10.6 Å². The van der Waals surface area contributed by atoms with E-state index in [-0.39, 0.29) is 5.91 Å². The Kier molecular flexibility index (Phi) is 4.88. The standard InChI is InChI=1S/C23H20ClN3O/c1-14-8-10-18(12-15(14)2)25-22-23(28)26-20-11-9-17(24)13-19(20)21(27-22)16-6-4-3-5-7-16/h3-13,22,25H,1-2H3,(H,26,28). The van der Waals surface area contributed by atoms with Gasteiger partial charge in [-0.1, -0.05) is 48.0 Å². The van der Waals surface area contributed by atoms with Crippen molar-refractivity contribution in [3.8, 4) is 0 Å². The Morgan fingerprint density at radius 1 is 0.964 bits per heavy atom. The summed E-state index contributed by atoms with van der Waals surface area (Å²) in [5.74, 6) is -0.215. The van der Waals surface area contributed by atoms with Crippen LogP contribution in [0.4, 0.5) is 11.4 Å². The second-order valence-corrected chi connectivity index (χ2v) is 7.31. The van der Waals surface area contributed by atoms with Gasteiger partial charge in [0, 0.05) is 21.8 Å². The highest BCUT2D eigenvalue weighted by Gasteiger charge is 2.26. The molecule has 2 N–H and O–H groups in total. The van der Waals surface area contributed by atoms with E-state index >= 15 is 0 Å². The van der Waals surface area contributed by atoms with Gasteiger partial charge in [0.25, 0.3) is 5.91 Å². The topological polar surface area (TPSA) is 53.5 Å². The van der Waals surface area contributed by atoms with Crippen LogP contribution in [-0.2, 0) is 4.79 Å². The first-order valence-electron chi connectivity index (χ1n) is 9.09. The maximum atomic E-state index is 12.9. The summed E-state index contributed by atoms with van der Waals surface area (Å²) < 4.78 is 0.